The number of nitrogens with one attached hydrogen (secondary N) is 2. The minimum absolute atomic E-state index is 0.132. The number of carbonyl (C=O) groups is 3. The summed E-state index contributed by atoms with van der Waals surface area (Å²) in [6.45, 7) is 3.09. The molecule has 0 unspecified atom stereocenters. The molecule has 0 bridgehead atoms. The van der Waals surface area contributed by atoms with Crippen LogP contribution in [-0.4, -0.2) is 54.2 Å². The molecule has 1 fully saturated rings. The number of anilines is 3. The van der Waals surface area contributed by atoms with Crippen molar-refractivity contribution in [2.45, 2.75) is 0 Å². The van der Waals surface area contributed by atoms with E-state index in [-0.39, 0.29) is 11.7 Å². The van der Waals surface area contributed by atoms with Crippen molar-refractivity contribution in [2.24, 2.45) is 0 Å². The standard InChI is InChI=1S/C28H25N5O4/c34-19-29-26-13-14-33(31-26)25-11-3-21(4-12-25)27(35)20-1-7-23(8-2-20)30-28(36)22-5-9-24(10-6-22)32-15-17-37-18-16-32/h1-14,19H,15-18H2,(H,30,36)(H,29,31,34). The second-order valence-corrected chi connectivity index (χ2v) is 8.46. The number of ether oxygens (including phenoxy) is 1. The lowest BCUT2D eigenvalue weighted by molar-refractivity contribution is -0.105. The van der Waals surface area contributed by atoms with Gasteiger partial charge in [0, 0.05) is 53.4 Å². The van der Waals surface area contributed by atoms with Gasteiger partial charge in [-0.05, 0) is 72.8 Å². The molecule has 2 N–H and O–H groups in total. The molecule has 0 saturated carbocycles. The van der Waals surface area contributed by atoms with E-state index in [4.69, 9.17) is 4.74 Å². The number of amides is 2. The van der Waals surface area contributed by atoms with E-state index in [0.717, 1.165) is 24.5 Å². The highest BCUT2D eigenvalue weighted by Crippen LogP contribution is 2.19. The Hall–Kier alpha value is -4.76. The molecule has 1 aliphatic rings. The first-order valence-corrected chi connectivity index (χ1v) is 11.9. The minimum Gasteiger partial charge on any atom is -0.378 e. The van der Waals surface area contributed by atoms with Crippen molar-refractivity contribution in [3.05, 3.63) is 102 Å². The van der Waals surface area contributed by atoms with Crippen LogP contribution >= 0.6 is 0 Å². The molecule has 186 valence electrons. The average Bonchev–Trinajstić information content (AvgIpc) is 3.43. The fraction of sp³-hybridized carbons (Fsp3) is 0.143. The zero-order chi connectivity index (χ0) is 25.6. The van der Waals surface area contributed by atoms with Gasteiger partial charge in [-0.25, -0.2) is 4.68 Å². The van der Waals surface area contributed by atoms with Crippen molar-refractivity contribution in [2.75, 3.05) is 41.8 Å². The average molecular weight is 496 g/mol. The molecule has 1 saturated heterocycles. The summed E-state index contributed by atoms with van der Waals surface area (Å²) in [6, 6.07) is 23.0. The molecular formula is C28H25N5O4. The van der Waals surface area contributed by atoms with E-state index >= 15 is 0 Å². The Labute approximate surface area is 213 Å². The molecule has 37 heavy (non-hydrogen) atoms. The SMILES string of the molecule is O=CNc1ccn(-c2ccc(C(=O)c3ccc(NC(=O)c4ccc(N5CCOCC5)cc4)cc3)cc2)n1. The van der Waals surface area contributed by atoms with Gasteiger partial charge in [-0.15, -0.1) is 0 Å². The van der Waals surface area contributed by atoms with Gasteiger partial charge < -0.3 is 20.3 Å². The summed E-state index contributed by atoms with van der Waals surface area (Å²) < 4.78 is 6.99. The number of aromatic nitrogens is 2. The van der Waals surface area contributed by atoms with Gasteiger partial charge in [-0.3, -0.25) is 14.4 Å². The maximum Gasteiger partial charge on any atom is 0.255 e. The number of nitrogens with zero attached hydrogens (tertiary/aromatic N) is 3. The molecule has 5 rings (SSSR count). The summed E-state index contributed by atoms with van der Waals surface area (Å²) in [6.07, 6.45) is 2.28. The Morgan fingerprint density at radius 2 is 1.38 bits per heavy atom. The highest BCUT2D eigenvalue weighted by molar-refractivity contribution is 6.09. The molecule has 9 heteroatoms. The molecule has 2 heterocycles. The predicted molar refractivity (Wildman–Crippen MR) is 141 cm³/mol. The van der Waals surface area contributed by atoms with Gasteiger partial charge in [0.2, 0.25) is 6.41 Å². The number of carbonyl (C=O) groups excluding carboxylic acids is 3. The number of benzene rings is 3. The molecule has 1 aromatic heterocycles. The lowest BCUT2D eigenvalue weighted by Gasteiger charge is -2.28. The minimum atomic E-state index is -0.215. The van der Waals surface area contributed by atoms with Gasteiger partial charge in [0.25, 0.3) is 5.91 Å². The summed E-state index contributed by atoms with van der Waals surface area (Å²) in [7, 11) is 0. The van der Waals surface area contributed by atoms with Gasteiger partial charge in [-0.2, -0.15) is 5.10 Å². The van der Waals surface area contributed by atoms with Crippen LogP contribution in [0.5, 0.6) is 0 Å². The van der Waals surface area contributed by atoms with E-state index in [9.17, 15) is 14.4 Å². The quantitative estimate of drug-likeness (QED) is 0.285. The normalized spacial score (nSPS) is 13.1. The highest BCUT2D eigenvalue weighted by atomic mass is 16.5. The van der Waals surface area contributed by atoms with Gasteiger partial charge in [0.15, 0.2) is 11.6 Å². The van der Waals surface area contributed by atoms with E-state index < -0.39 is 0 Å². The molecule has 0 spiro atoms. The molecule has 2 amide bonds. The second-order valence-electron chi connectivity index (χ2n) is 8.46. The van der Waals surface area contributed by atoms with Gasteiger partial charge >= 0.3 is 0 Å². The van der Waals surface area contributed by atoms with E-state index in [1.807, 2.05) is 24.3 Å². The zero-order valence-corrected chi connectivity index (χ0v) is 20.0. The van der Waals surface area contributed by atoms with Crippen LogP contribution in [0, 0.1) is 0 Å². The maximum absolute atomic E-state index is 12.9. The van der Waals surface area contributed by atoms with Crippen molar-refractivity contribution < 1.29 is 19.1 Å². The fourth-order valence-corrected chi connectivity index (χ4v) is 4.09. The molecular weight excluding hydrogens is 470 g/mol. The second kappa shape index (κ2) is 10.9. The van der Waals surface area contributed by atoms with E-state index in [0.29, 0.717) is 47.8 Å². The van der Waals surface area contributed by atoms with Crippen LogP contribution in [0.2, 0.25) is 0 Å². The fourth-order valence-electron chi connectivity index (χ4n) is 4.09. The molecule has 0 radical (unpaired) electrons. The summed E-state index contributed by atoms with van der Waals surface area (Å²) in [5.41, 5.74) is 4.03. The van der Waals surface area contributed by atoms with E-state index in [1.54, 1.807) is 65.5 Å². The third-order valence-electron chi connectivity index (χ3n) is 6.10. The molecule has 1 aliphatic heterocycles. The number of hydrogen-bond acceptors (Lipinski definition) is 6. The molecule has 0 atom stereocenters. The first-order chi connectivity index (χ1) is 18.1. The lowest BCUT2D eigenvalue weighted by atomic mass is 10.0. The number of morpholine rings is 1. The number of hydrogen-bond donors (Lipinski definition) is 2. The van der Waals surface area contributed by atoms with Gasteiger partial charge in [-0.1, -0.05) is 0 Å². The van der Waals surface area contributed by atoms with Crippen LogP contribution in [0.15, 0.2) is 85.1 Å². The monoisotopic (exact) mass is 495 g/mol. The Bertz CT molecular complexity index is 1390. The van der Waals surface area contributed by atoms with Crippen molar-refractivity contribution in [3.63, 3.8) is 0 Å². The van der Waals surface area contributed by atoms with Gasteiger partial charge in [0.1, 0.15) is 0 Å². The largest absolute Gasteiger partial charge is 0.378 e. The maximum atomic E-state index is 12.9. The topological polar surface area (TPSA) is 106 Å². The third-order valence-corrected chi connectivity index (χ3v) is 6.10. The molecule has 3 aromatic carbocycles. The lowest BCUT2D eigenvalue weighted by Crippen LogP contribution is -2.36. The number of ketones is 1. The van der Waals surface area contributed by atoms with Crippen molar-refractivity contribution in [1.29, 1.82) is 0 Å². The van der Waals surface area contributed by atoms with Crippen LogP contribution in [-0.2, 0) is 9.53 Å². The molecule has 4 aromatic rings. The Kier molecular flexibility index (Phi) is 7.05. The van der Waals surface area contributed by atoms with Crippen molar-refractivity contribution in [1.82, 2.24) is 9.78 Å². The summed E-state index contributed by atoms with van der Waals surface area (Å²) in [4.78, 5) is 38.4. The van der Waals surface area contributed by atoms with E-state index in [1.165, 1.54) is 0 Å². The number of rotatable bonds is 8. The van der Waals surface area contributed by atoms with Crippen LogP contribution in [0.4, 0.5) is 17.2 Å². The Morgan fingerprint density at radius 3 is 2.03 bits per heavy atom. The van der Waals surface area contributed by atoms with Crippen LogP contribution in [0.3, 0.4) is 0 Å². The van der Waals surface area contributed by atoms with Crippen LogP contribution in [0.25, 0.3) is 5.69 Å². The molecule has 0 aliphatic carbocycles. The Morgan fingerprint density at radius 1 is 0.784 bits per heavy atom. The first-order valence-electron chi connectivity index (χ1n) is 11.9. The van der Waals surface area contributed by atoms with Gasteiger partial charge in [0.05, 0.1) is 18.9 Å². The summed E-state index contributed by atoms with van der Waals surface area (Å²) in [5, 5.41) is 9.60. The Balaban J connectivity index is 1.20. The van der Waals surface area contributed by atoms with Crippen LogP contribution in [0.1, 0.15) is 26.3 Å². The summed E-state index contributed by atoms with van der Waals surface area (Å²) in [5.74, 6) is 0.0903. The van der Waals surface area contributed by atoms with E-state index in [2.05, 4.69) is 20.6 Å². The summed E-state index contributed by atoms with van der Waals surface area (Å²) >= 11 is 0. The van der Waals surface area contributed by atoms with Crippen molar-refractivity contribution in [3.8, 4) is 5.69 Å². The zero-order valence-electron chi connectivity index (χ0n) is 20.0. The highest BCUT2D eigenvalue weighted by Gasteiger charge is 2.14. The third kappa shape index (κ3) is 5.57. The van der Waals surface area contributed by atoms with Crippen LogP contribution < -0.4 is 15.5 Å². The molecule has 9 nitrogen and oxygen atoms in total. The first kappa shape index (κ1) is 24.0. The van der Waals surface area contributed by atoms with Crippen molar-refractivity contribution >= 4 is 35.3 Å². The smallest absolute Gasteiger partial charge is 0.255 e. The predicted octanol–water partition coefficient (Wildman–Crippen LogP) is 3.76.